The van der Waals surface area contributed by atoms with Crippen LogP contribution in [0.4, 0.5) is 0 Å². The lowest BCUT2D eigenvalue weighted by molar-refractivity contribution is 0.295. The highest BCUT2D eigenvalue weighted by molar-refractivity contribution is 5.06. The van der Waals surface area contributed by atoms with Gasteiger partial charge in [0.1, 0.15) is 0 Å². The van der Waals surface area contributed by atoms with Crippen molar-refractivity contribution in [2.45, 2.75) is 38.8 Å². The van der Waals surface area contributed by atoms with Crippen LogP contribution in [-0.4, -0.2) is 16.6 Å². The smallest absolute Gasteiger partial charge is 0.0953 e. The summed E-state index contributed by atoms with van der Waals surface area (Å²) in [7, 11) is 1.97. The Labute approximate surface area is 85.5 Å². The lowest BCUT2D eigenvalue weighted by atomic mass is 9.98. The van der Waals surface area contributed by atoms with E-state index in [0.29, 0.717) is 0 Å². The molecule has 0 unspecified atom stereocenters. The molecule has 0 aromatic carbocycles. The fraction of sp³-hybridized carbons (Fsp3) is 0.727. The van der Waals surface area contributed by atoms with Crippen LogP contribution in [0.2, 0.25) is 0 Å². The molecule has 1 aliphatic rings. The van der Waals surface area contributed by atoms with Crippen LogP contribution in [-0.2, 0) is 12.1 Å². The van der Waals surface area contributed by atoms with Gasteiger partial charge in [0.05, 0.1) is 12.0 Å². The first-order valence-electron chi connectivity index (χ1n) is 5.32. The summed E-state index contributed by atoms with van der Waals surface area (Å²) >= 11 is 0. The number of hydrogen-bond donors (Lipinski definition) is 1. The zero-order valence-electron chi connectivity index (χ0n) is 9.25. The summed E-state index contributed by atoms with van der Waals surface area (Å²) in [6, 6.07) is 0. The summed E-state index contributed by atoms with van der Waals surface area (Å²) in [6.45, 7) is 5.52. The van der Waals surface area contributed by atoms with Gasteiger partial charge >= 0.3 is 0 Å². The van der Waals surface area contributed by atoms with Gasteiger partial charge in [0.15, 0.2) is 0 Å². The standard InChI is InChI=1S/C11H19N3/c1-11(2,9-4-5-9)14-8-13-7-10(14)6-12-3/h7-9,12H,4-6H2,1-3H3. The molecule has 1 N–H and O–H groups in total. The van der Waals surface area contributed by atoms with Crippen LogP contribution in [0.5, 0.6) is 0 Å². The van der Waals surface area contributed by atoms with E-state index in [1.807, 2.05) is 19.6 Å². The maximum Gasteiger partial charge on any atom is 0.0953 e. The van der Waals surface area contributed by atoms with Gasteiger partial charge in [-0.2, -0.15) is 0 Å². The van der Waals surface area contributed by atoms with Gasteiger partial charge in [-0.1, -0.05) is 0 Å². The largest absolute Gasteiger partial charge is 0.327 e. The quantitative estimate of drug-likeness (QED) is 0.789. The predicted octanol–water partition coefficient (Wildman–Crippen LogP) is 1.75. The van der Waals surface area contributed by atoms with E-state index in [4.69, 9.17) is 0 Å². The van der Waals surface area contributed by atoms with Gasteiger partial charge in [-0.25, -0.2) is 4.98 Å². The van der Waals surface area contributed by atoms with Crippen molar-refractivity contribution < 1.29 is 0 Å². The first kappa shape index (κ1) is 9.71. The van der Waals surface area contributed by atoms with Gasteiger partial charge in [-0.05, 0) is 39.7 Å². The molecule has 3 nitrogen and oxygen atoms in total. The molecule has 0 bridgehead atoms. The van der Waals surface area contributed by atoms with Crippen LogP contribution in [0, 0.1) is 5.92 Å². The number of hydrogen-bond acceptors (Lipinski definition) is 2. The van der Waals surface area contributed by atoms with Gasteiger partial charge < -0.3 is 9.88 Å². The van der Waals surface area contributed by atoms with E-state index >= 15 is 0 Å². The fourth-order valence-corrected chi connectivity index (χ4v) is 2.14. The Kier molecular flexibility index (Phi) is 2.35. The van der Waals surface area contributed by atoms with Crippen molar-refractivity contribution >= 4 is 0 Å². The Balaban J connectivity index is 2.25. The summed E-state index contributed by atoms with van der Waals surface area (Å²) in [5.41, 5.74) is 1.52. The maximum atomic E-state index is 4.24. The Hall–Kier alpha value is -0.830. The predicted molar refractivity (Wildman–Crippen MR) is 57.0 cm³/mol. The van der Waals surface area contributed by atoms with Crippen molar-refractivity contribution in [1.29, 1.82) is 0 Å². The van der Waals surface area contributed by atoms with E-state index in [-0.39, 0.29) is 5.54 Å². The SMILES string of the molecule is CNCc1cncn1C(C)(C)C1CC1. The van der Waals surface area contributed by atoms with Crippen LogP contribution in [0.3, 0.4) is 0 Å². The van der Waals surface area contributed by atoms with E-state index < -0.39 is 0 Å². The minimum atomic E-state index is 0.239. The molecular weight excluding hydrogens is 174 g/mol. The molecule has 0 amide bonds. The monoisotopic (exact) mass is 193 g/mol. The highest BCUT2D eigenvalue weighted by atomic mass is 15.1. The van der Waals surface area contributed by atoms with Crippen molar-refractivity contribution in [3.8, 4) is 0 Å². The summed E-state index contributed by atoms with van der Waals surface area (Å²) in [5.74, 6) is 0.840. The van der Waals surface area contributed by atoms with Crippen molar-refractivity contribution in [3.63, 3.8) is 0 Å². The molecule has 1 heterocycles. The number of nitrogens with one attached hydrogen (secondary N) is 1. The molecular formula is C11H19N3. The third-order valence-corrected chi connectivity index (χ3v) is 3.27. The topological polar surface area (TPSA) is 29.9 Å². The molecule has 1 aliphatic carbocycles. The van der Waals surface area contributed by atoms with Gasteiger partial charge in [0.25, 0.3) is 0 Å². The molecule has 0 saturated heterocycles. The number of rotatable bonds is 4. The minimum absolute atomic E-state index is 0.239. The summed E-state index contributed by atoms with van der Waals surface area (Å²) in [5, 5.41) is 3.18. The Morgan fingerprint density at radius 3 is 2.86 bits per heavy atom. The van der Waals surface area contributed by atoms with E-state index in [9.17, 15) is 0 Å². The van der Waals surface area contributed by atoms with E-state index in [2.05, 4.69) is 28.7 Å². The Bertz CT molecular complexity index is 310. The zero-order chi connectivity index (χ0) is 10.2. The normalized spacial score (nSPS) is 17.4. The van der Waals surface area contributed by atoms with Gasteiger partial charge in [-0.3, -0.25) is 0 Å². The number of nitrogens with zero attached hydrogens (tertiary/aromatic N) is 2. The second-order valence-corrected chi connectivity index (χ2v) is 4.71. The molecule has 0 aliphatic heterocycles. The highest BCUT2D eigenvalue weighted by Crippen LogP contribution is 2.44. The average Bonchev–Trinajstić information content (AvgIpc) is 2.88. The Morgan fingerprint density at radius 1 is 1.57 bits per heavy atom. The minimum Gasteiger partial charge on any atom is -0.327 e. The van der Waals surface area contributed by atoms with Gasteiger partial charge in [-0.15, -0.1) is 0 Å². The molecule has 78 valence electrons. The Morgan fingerprint density at radius 2 is 2.29 bits per heavy atom. The first-order chi connectivity index (χ1) is 6.66. The van der Waals surface area contributed by atoms with Crippen LogP contribution < -0.4 is 5.32 Å². The third-order valence-electron chi connectivity index (χ3n) is 3.27. The zero-order valence-corrected chi connectivity index (χ0v) is 9.25. The molecule has 0 radical (unpaired) electrons. The summed E-state index contributed by atoms with van der Waals surface area (Å²) in [4.78, 5) is 4.24. The fourth-order valence-electron chi connectivity index (χ4n) is 2.14. The van der Waals surface area contributed by atoms with E-state index in [0.717, 1.165) is 12.5 Å². The molecule has 1 fully saturated rings. The van der Waals surface area contributed by atoms with Gasteiger partial charge in [0.2, 0.25) is 0 Å². The molecule has 1 aromatic heterocycles. The summed E-state index contributed by atoms with van der Waals surface area (Å²) in [6.07, 6.45) is 6.65. The van der Waals surface area contributed by atoms with E-state index in [1.165, 1.54) is 18.5 Å². The lowest BCUT2D eigenvalue weighted by Gasteiger charge is -2.28. The average molecular weight is 193 g/mol. The van der Waals surface area contributed by atoms with E-state index in [1.54, 1.807) is 0 Å². The molecule has 14 heavy (non-hydrogen) atoms. The van der Waals surface area contributed by atoms with Crippen molar-refractivity contribution in [2.24, 2.45) is 5.92 Å². The number of aromatic nitrogens is 2. The van der Waals surface area contributed by atoms with Crippen LogP contribution >= 0.6 is 0 Å². The maximum absolute atomic E-state index is 4.24. The molecule has 2 rings (SSSR count). The van der Waals surface area contributed by atoms with Gasteiger partial charge in [0, 0.05) is 18.3 Å². The highest BCUT2D eigenvalue weighted by Gasteiger charge is 2.39. The molecule has 1 saturated carbocycles. The summed E-state index contributed by atoms with van der Waals surface area (Å²) < 4.78 is 2.32. The molecule has 3 heteroatoms. The molecule has 0 spiro atoms. The molecule has 0 atom stereocenters. The van der Waals surface area contributed by atoms with Crippen LogP contribution in [0.1, 0.15) is 32.4 Å². The second kappa shape index (κ2) is 3.39. The third kappa shape index (κ3) is 1.57. The van der Waals surface area contributed by atoms with Crippen molar-refractivity contribution in [2.75, 3.05) is 7.05 Å². The molecule has 1 aromatic rings. The van der Waals surface area contributed by atoms with Crippen LogP contribution in [0.15, 0.2) is 12.5 Å². The number of imidazole rings is 1. The van der Waals surface area contributed by atoms with Crippen molar-refractivity contribution in [1.82, 2.24) is 14.9 Å². The second-order valence-electron chi connectivity index (χ2n) is 4.71. The van der Waals surface area contributed by atoms with Crippen molar-refractivity contribution in [3.05, 3.63) is 18.2 Å². The first-order valence-corrected chi connectivity index (χ1v) is 5.32. The van der Waals surface area contributed by atoms with Crippen LogP contribution in [0.25, 0.3) is 0 Å². The lowest BCUT2D eigenvalue weighted by Crippen LogP contribution is -2.30.